The monoisotopic (exact) mass is 224 g/mol. The highest BCUT2D eigenvalue weighted by molar-refractivity contribution is 9.10. The number of aromatic amines is 1. The number of rotatable bonds is 0. The summed E-state index contributed by atoms with van der Waals surface area (Å²) in [5.74, 6) is 0.753. The SMILES string of the molecule is Cc1c(N)[nH]c2ccc(Br)cc12. The highest BCUT2D eigenvalue weighted by Crippen LogP contribution is 2.25. The number of nitrogen functional groups attached to an aromatic ring is 1. The molecule has 0 saturated heterocycles. The first-order valence-corrected chi connectivity index (χ1v) is 4.51. The minimum absolute atomic E-state index is 0.753. The molecule has 0 atom stereocenters. The first-order chi connectivity index (χ1) is 5.68. The van der Waals surface area contributed by atoms with Gasteiger partial charge in [-0.25, -0.2) is 0 Å². The number of benzene rings is 1. The number of aromatic nitrogens is 1. The molecule has 0 spiro atoms. The van der Waals surface area contributed by atoms with Crippen LogP contribution in [-0.2, 0) is 0 Å². The van der Waals surface area contributed by atoms with Crippen LogP contribution in [0.25, 0.3) is 10.9 Å². The first-order valence-electron chi connectivity index (χ1n) is 3.72. The molecule has 1 aromatic carbocycles. The van der Waals surface area contributed by atoms with E-state index >= 15 is 0 Å². The predicted octanol–water partition coefficient (Wildman–Crippen LogP) is 2.82. The third-order valence-electron chi connectivity index (χ3n) is 2.06. The molecular weight excluding hydrogens is 216 g/mol. The van der Waals surface area contributed by atoms with E-state index in [-0.39, 0.29) is 0 Å². The van der Waals surface area contributed by atoms with E-state index < -0.39 is 0 Å². The van der Waals surface area contributed by atoms with Gasteiger partial charge in [-0.2, -0.15) is 0 Å². The number of anilines is 1. The van der Waals surface area contributed by atoms with Crippen molar-refractivity contribution in [3.63, 3.8) is 0 Å². The van der Waals surface area contributed by atoms with Crippen LogP contribution in [0.3, 0.4) is 0 Å². The first kappa shape index (κ1) is 7.68. The van der Waals surface area contributed by atoms with Gasteiger partial charge in [0.1, 0.15) is 5.82 Å². The molecule has 0 aliphatic heterocycles. The molecule has 0 saturated carbocycles. The van der Waals surface area contributed by atoms with Crippen molar-refractivity contribution in [3.05, 3.63) is 28.2 Å². The maximum Gasteiger partial charge on any atom is 0.104 e. The molecule has 62 valence electrons. The van der Waals surface area contributed by atoms with Crippen molar-refractivity contribution in [2.45, 2.75) is 6.92 Å². The van der Waals surface area contributed by atoms with Gasteiger partial charge in [0.05, 0.1) is 0 Å². The summed E-state index contributed by atoms with van der Waals surface area (Å²) in [7, 11) is 0. The summed E-state index contributed by atoms with van der Waals surface area (Å²) in [5, 5.41) is 1.18. The second-order valence-electron chi connectivity index (χ2n) is 2.85. The van der Waals surface area contributed by atoms with E-state index in [1.807, 2.05) is 19.1 Å². The number of nitrogens with two attached hydrogens (primary N) is 1. The third-order valence-corrected chi connectivity index (χ3v) is 2.55. The quantitative estimate of drug-likeness (QED) is 0.711. The predicted molar refractivity (Wildman–Crippen MR) is 55.1 cm³/mol. The summed E-state index contributed by atoms with van der Waals surface area (Å²) >= 11 is 3.42. The van der Waals surface area contributed by atoms with Crippen LogP contribution in [-0.4, -0.2) is 4.98 Å². The average molecular weight is 225 g/mol. The fraction of sp³-hybridized carbons (Fsp3) is 0.111. The summed E-state index contributed by atoms with van der Waals surface area (Å²) in [6.45, 7) is 2.01. The van der Waals surface area contributed by atoms with Gasteiger partial charge in [0.2, 0.25) is 0 Å². The molecule has 0 aliphatic rings. The number of H-pyrrole nitrogens is 1. The maximum absolute atomic E-state index is 5.73. The molecule has 0 fully saturated rings. The Kier molecular flexibility index (Phi) is 1.61. The number of fused-ring (bicyclic) bond motifs is 1. The van der Waals surface area contributed by atoms with Crippen LogP contribution >= 0.6 is 15.9 Å². The number of aryl methyl sites for hydroxylation is 1. The highest BCUT2D eigenvalue weighted by Gasteiger charge is 2.03. The second-order valence-corrected chi connectivity index (χ2v) is 3.77. The van der Waals surface area contributed by atoms with Gasteiger partial charge >= 0.3 is 0 Å². The lowest BCUT2D eigenvalue weighted by Crippen LogP contribution is -1.84. The van der Waals surface area contributed by atoms with Crippen LogP contribution in [0.1, 0.15) is 5.56 Å². The summed E-state index contributed by atoms with van der Waals surface area (Å²) < 4.78 is 1.08. The van der Waals surface area contributed by atoms with E-state index in [0.717, 1.165) is 21.4 Å². The Labute approximate surface area is 78.9 Å². The molecule has 1 aromatic heterocycles. The largest absolute Gasteiger partial charge is 0.385 e. The lowest BCUT2D eigenvalue weighted by atomic mass is 10.2. The van der Waals surface area contributed by atoms with Gasteiger partial charge in [-0.15, -0.1) is 0 Å². The van der Waals surface area contributed by atoms with Crippen LogP contribution in [0.2, 0.25) is 0 Å². The molecule has 0 unspecified atom stereocenters. The van der Waals surface area contributed by atoms with Gasteiger partial charge in [0.25, 0.3) is 0 Å². The van der Waals surface area contributed by atoms with Crippen LogP contribution in [0.4, 0.5) is 5.82 Å². The van der Waals surface area contributed by atoms with Gasteiger partial charge < -0.3 is 10.7 Å². The Morgan fingerprint density at radius 3 is 2.92 bits per heavy atom. The topological polar surface area (TPSA) is 41.8 Å². The van der Waals surface area contributed by atoms with E-state index in [1.165, 1.54) is 5.39 Å². The van der Waals surface area contributed by atoms with E-state index in [0.29, 0.717) is 0 Å². The summed E-state index contributed by atoms with van der Waals surface area (Å²) in [4.78, 5) is 3.11. The molecule has 12 heavy (non-hydrogen) atoms. The molecule has 2 nitrogen and oxygen atoms in total. The zero-order valence-electron chi connectivity index (χ0n) is 6.69. The fourth-order valence-electron chi connectivity index (χ4n) is 1.32. The molecular formula is C9H9BrN2. The van der Waals surface area contributed by atoms with Crippen molar-refractivity contribution in [1.82, 2.24) is 4.98 Å². The van der Waals surface area contributed by atoms with Crippen LogP contribution in [0.15, 0.2) is 22.7 Å². The lowest BCUT2D eigenvalue weighted by Gasteiger charge is -1.91. The van der Waals surface area contributed by atoms with Crippen LogP contribution in [0, 0.1) is 6.92 Å². The number of halogens is 1. The van der Waals surface area contributed by atoms with Crippen molar-refractivity contribution in [1.29, 1.82) is 0 Å². The standard InChI is InChI=1S/C9H9BrN2/c1-5-7-4-6(10)2-3-8(7)12-9(5)11/h2-4,12H,11H2,1H3. The van der Waals surface area contributed by atoms with Gasteiger partial charge in [-0.3, -0.25) is 0 Å². The van der Waals surface area contributed by atoms with Crippen molar-refractivity contribution >= 4 is 32.7 Å². The Balaban J connectivity index is 2.88. The Bertz CT molecular complexity index is 431. The molecule has 0 radical (unpaired) electrons. The van der Waals surface area contributed by atoms with E-state index in [9.17, 15) is 0 Å². The number of hydrogen-bond donors (Lipinski definition) is 2. The number of hydrogen-bond acceptors (Lipinski definition) is 1. The van der Waals surface area contributed by atoms with Crippen LogP contribution in [0.5, 0.6) is 0 Å². The van der Waals surface area contributed by atoms with Crippen molar-refractivity contribution in [2.75, 3.05) is 5.73 Å². The van der Waals surface area contributed by atoms with E-state index in [2.05, 4.69) is 27.0 Å². The smallest absolute Gasteiger partial charge is 0.104 e. The van der Waals surface area contributed by atoms with Gasteiger partial charge in [-0.05, 0) is 30.7 Å². The zero-order valence-corrected chi connectivity index (χ0v) is 8.27. The van der Waals surface area contributed by atoms with Crippen molar-refractivity contribution < 1.29 is 0 Å². The molecule has 1 heterocycles. The minimum Gasteiger partial charge on any atom is -0.385 e. The second kappa shape index (κ2) is 2.52. The Hall–Kier alpha value is -0.960. The molecule has 0 aliphatic carbocycles. The summed E-state index contributed by atoms with van der Waals surface area (Å²) in [5.41, 5.74) is 7.94. The van der Waals surface area contributed by atoms with E-state index in [1.54, 1.807) is 0 Å². The summed E-state index contributed by atoms with van der Waals surface area (Å²) in [6.07, 6.45) is 0. The molecule has 3 N–H and O–H groups in total. The molecule has 0 bridgehead atoms. The van der Waals surface area contributed by atoms with Crippen molar-refractivity contribution in [2.24, 2.45) is 0 Å². The fourth-order valence-corrected chi connectivity index (χ4v) is 1.68. The minimum atomic E-state index is 0.753. The van der Waals surface area contributed by atoms with Crippen LogP contribution < -0.4 is 5.73 Å². The summed E-state index contributed by atoms with van der Waals surface area (Å²) in [6, 6.07) is 6.08. The lowest BCUT2D eigenvalue weighted by molar-refractivity contribution is 1.43. The zero-order chi connectivity index (χ0) is 8.72. The highest BCUT2D eigenvalue weighted by atomic mass is 79.9. The Morgan fingerprint density at radius 1 is 1.42 bits per heavy atom. The number of nitrogens with one attached hydrogen (secondary N) is 1. The van der Waals surface area contributed by atoms with Gasteiger partial charge in [0.15, 0.2) is 0 Å². The normalized spacial score (nSPS) is 10.8. The van der Waals surface area contributed by atoms with Crippen molar-refractivity contribution in [3.8, 4) is 0 Å². The molecule has 2 aromatic rings. The molecule has 0 amide bonds. The maximum atomic E-state index is 5.73. The third kappa shape index (κ3) is 1.01. The molecule has 3 heteroatoms. The van der Waals surface area contributed by atoms with E-state index in [4.69, 9.17) is 5.73 Å². The molecule has 2 rings (SSSR count). The average Bonchev–Trinajstić information content (AvgIpc) is 2.31. The Morgan fingerprint density at radius 2 is 2.17 bits per heavy atom. The van der Waals surface area contributed by atoms with Gasteiger partial charge in [-0.1, -0.05) is 15.9 Å². The van der Waals surface area contributed by atoms with Gasteiger partial charge in [0, 0.05) is 15.4 Å².